The summed E-state index contributed by atoms with van der Waals surface area (Å²) >= 11 is 0. The van der Waals surface area contributed by atoms with Crippen LogP contribution in [0.1, 0.15) is 57.8 Å². The lowest BCUT2D eigenvalue weighted by molar-refractivity contribution is 0.00897. The minimum atomic E-state index is 0.620. The highest BCUT2D eigenvalue weighted by Gasteiger charge is 2.18. The maximum atomic E-state index is 5.97. The van der Waals surface area contributed by atoms with E-state index in [-0.39, 0.29) is 0 Å². The molecule has 0 unspecified atom stereocenters. The van der Waals surface area contributed by atoms with E-state index in [2.05, 4.69) is 0 Å². The first-order valence-electron chi connectivity index (χ1n) is 6.07. The highest BCUT2D eigenvalue weighted by Crippen LogP contribution is 2.27. The quantitative estimate of drug-likeness (QED) is 0.649. The first-order valence-corrected chi connectivity index (χ1v) is 6.07. The predicted molar refractivity (Wildman–Crippen MR) is 54.8 cm³/mol. The largest absolute Gasteiger partial charge is 0.378 e. The van der Waals surface area contributed by atoms with Gasteiger partial charge >= 0.3 is 0 Å². The molecule has 2 fully saturated rings. The fourth-order valence-corrected chi connectivity index (χ4v) is 2.68. The van der Waals surface area contributed by atoms with Crippen LogP contribution in [0.5, 0.6) is 0 Å². The third kappa shape index (κ3) is 2.98. The second-order valence-electron chi connectivity index (χ2n) is 4.74. The molecule has 2 aliphatic rings. The standard InChI is InChI=1S/C12H22O/c1-2-8-12(9-3-1)13-10-11-6-4-5-7-11/h11-12H,1-10H2. The van der Waals surface area contributed by atoms with Crippen molar-refractivity contribution in [2.45, 2.75) is 63.9 Å². The molecule has 76 valence electrons. The lowest BCUT2D eigenvalue weighted by atomic mass is 9.97. The third-order valence-electron chi connectivity index (χ3n) is 3.59. The average Bonchev–Trinajstić information content (AvgIpc) is 2.69. The fourth-order valence-electron chi connectivity index (χ4n) is 2.68. The van der Waals surface area contributed by atoms with Gasteiger partial charge in [-0.1, -0.05) is 32.1 Å². The van der Waals surface area contributed by atoms with Crippen molar-refractivity contribution in [3.63, 3.8) is 0 Å². The van der Waals surface area contributed by atoms with Crippen LogP contribution in [-0.2, 0) is 4.74 Å². The van der Waals surface area contributed by atoms with Gasteiger partial charge in [0.1, 0.15) is 0 Å². The van der Waals surface area contributed by atoms with E-state index in [9.17, 15) is 0 Å². The number of hydrogen-bond acceptors (Lipinski definition) is 1. The van der Waals surface area contributed by atoms with E-state index in [0.717, 1.165) is 12.5 Å². The van der Waals surface area contributed by atoms with Crippen molar-refractivity contribution in [2.24, 2.45) is 5.92 Å². The van der Waals surface area contributed by atoms with Crippen LogP contribution in [0.25, 0.3) is 0 Å². The minimum absolute atomic E-state index is 0.620. The van der Waals surface area contributed by atoms with Crippen molar-refractivity contribution in [1.29, 1.82) is 0 Å². The van der Waals surface area contributed by atoms with Gasteiger partial charge in [-0.25, -0.2) is 0 Å². The molecule has 0 amide bonds. The Morgan fingerprint density at radius 3 is 2.08 bits per heavy atom. The maximum absolute atomic E-state index is 5.97. The van der Waals surface area contributed by atoms with Gasteiger partial charge in [0.15, 0.2) is 0 Å². The Morgan fingerprint density at radius 1 is 0.769 bits per heavy atom. The SMILES string of the molecule is C1CCC(OCC2CCCC2)CC1. The average molecular weight is 182 g/mol. The van der Waals surface area contributed by atoms with Crippen molar-refractivity contribution in [2.75, 3.05) is 6.61 Å². The normalized spacial score (nSPS) is 26.8. The first kappa shape index (κ1) is 9.51. The van der Waals surface area contributed by atoms with Crippen LogP contribution in [0.15, 0.2) is 0 Å². The molecule has 0 aromatic rings. The minimum Gasteiger partial charge on any atom is -0.378 e. The monoisotopic (exact) mass is 182 g/mol. The molecule has 0 heterocycles. The molecule has 13 heavy (non-hydrogen) atoms. The molecule has 1 heteroatoms. The summed E-state index contributed by atoms with van der Waals surface area (Å²) in [5.74, 6) is 0.905. The second-order valence-corrected chi connectivity index (χ2v) is 4.74. The Balaban J connectivity index is 1.60. The molecule has 0 radical (unpaired) electrons. The molecular formula is C12H22O. The molecular weight excluding hydrogens is 160 g/mol. The zero-order valence-corrected chi connectivity index (χ0v) is 8.63. The summed E-state index contributed by atoms with van der Waals surface area (Å²) in [5, 5.41) is 0. The zero-order valence-electron chi connectivity index (χ0n) is 8.63. The highest BCUT2D eigenvalue weighted by atomic mass is 16.5. The van der Waals surface area contributed by atoms with Gasteiger partial charge in [-0.15, -0.1) is 0 Å². The van der Waals surface area contributed by atoms with Crippen LogP contribution < -0.4 is 0 Å². The van der Waals surface area contributed by atoms with Crippen LogP contribution in [-0.4, -0.2) is 12.7 Å². The molecule has 0 aromatic heterocycles. The van der Waals surface area contributed by atoms with Gasteiger partial charge in [0, 0.05) is 6.61 Å². The number of rotatable bonds is 3. The van der Waals surface area contributed by atoms with Crippen LogP contribution in [0.3, 0.4) is 0 Å². The molecule has 0 N–H and O–H groups in total. The van der Waals surface area contributed by atoms with E-state index >= 15 is 0 Å². The molecule has 0 aliphatic heterocycles. The molecule has 1 nitrogen and oxygen atoms in total. The fraction of sp³-hybridized carbons (Fsp3) is 1.00. The maximum Gasteiger partial charge on any atom is 0.0575 e. The van der Waals surface area contributed by atoms with Crippen molar-refractivity contribution >= 4 is 0 Å². The Bertz CT molecular complexity index is 132. The van der Waals surface area contributed by atoms with E-state index in [4.69, 9.17) is 4.74 Å². The summed E-state index contributed by atoms with van der Waals surface area (Å²) < 4.78 is 5.97. The zero-order chi connectivity index (χ0) is 8.93. The van der Waals surface area contributed by atoms with Crippen molar-refractivity contribution < 1.29 is 4.74 Å². The van der Waals surface area contributed by atoms with E-state index < -0.39 is 0 Å². The Kier molecular flexibility index (Phi) is 3.65. The molecule has 0 atom stereocenters. The van der Waals surface area contributed by atoms with Gasteiger partial charge in [-0.05, 0) is 31.6 Å². The summed E-state index contributed by atoms with van der Waals surface area (Å²) in [5.41, 5.74) is 0. The van der Waals surface area contributed by atoms with Gasteiger partial charge in [-0.2, -0.15) is 0 Å². The van der Waals surface area contributed by atoms with Gasteiger partial charge in [0.05, 0.1) is 6.10 Å². The van der Waals surface area contributed by atoms with Crippen LogP contribution in [0.2, 0.25) is 0 Å². The molecule has 0 saturated heterocycles. The number of hydrogen-bond donors (Lipinski definition) is 0. The van der Waals surface area contributed by atoms with Gasteiger partial charge in [0.25, 0.3) is 0 Å². The Hall–Kier alpha value is -0.0400. The molecule has 0 aromatic carbocycles. The third-order valence-corrected chi connectivity index (χ3v) is 3.59. The number of ether oxygens (including phenoxy) is 1. The predicted octanol–water partition coefficient (Wildman–Crippen LogP) is 3.53. The summed E-state index contributed by atoms with van der Waals surface area (Å²) in [7, 11) is 0. The molecule has 2 saturated carbocycles. The molecule has 0 bridgehead atoms. The molecule has 2 rings (SSSR count). The highest BCUT2D eigenvalue weighted by molar-refractivity contribution is 4.69. The van der Waals surface area contributed by atoms with E-state index in [0.29, 0.717) is 6.10 Å². The van der Waals surface area contributed by atoms with E-state index in [1.165, 1.54) is 57.8 Å². The van der Waals surface area contributed by atoms with Crippen LogP contribution in [0.4, 0.5) is 0 Å². The lowest BCUT2D eigenvalue weighted by Gasteiger charge is -2.23. The smallest absolute Gasteiger partial charge is 0.0575 e. The summed E-state index contributed by atoms with van der Waals surface area (Å²) in [4.78, 5) is 0. The van der Waals surface area contributed by atoms with Crippen molar-refractivity contribution in [3.8, 4) is 0 Å². The van der Waals surface area contributed by atoms with Gasteiger partial charge in [0.2, 0.25) is 0 Å². The first-order chi connectivity index (χ1) is 6.45. The molecule has 2 aliphatic carbocycles. The van der Waals surface area contributed by atoms with E-state index in [1.807, 2.05) is 0 Å². The van der Waals surface area contributed by atoms with Crippen LogP contribution in [0, 0.1) is 5.92 Å². The second kappa shape index (κ2) is 4.99. The Labute approximate surface area is 81.9 Å². The summed E-state index contributed by atoms with van der Waals surface area (Å²) in [6.07, 6.45) is 13.2. The summed E-state index contributed by atoms with van der Waals surface area (Å²) in [6.45, 7) is 1.06. The van der Waals surface area contributed by atoms with Crippen molar-refractivity contribution in [3.05, 3.63) is 0 Å². The Morgan fingerprint density at radius 2 is 1.38 bits per heavy atom. The van der Waals surface area contributed by atoms with Crippen LogP contribution >= 0.6 is 0 Å². The van der Waals surface area contributed by atoms with Crippen molar-refractivity contribution in [1.82, 2.24) is 0 Å². The lowest BCUT2D eigenvalue weighted by Crippen LogP contribution is -2.19. The molecule has 0 spiro atoms. The van der Waals surface area contributed by atoms with E-state index in [1.54, 1.807) is 0 Å². The van der Waals surface area contributed by atoms with Gasteiger partial charge in [-0.3, -0.25) is 0 Å². The summed E-state index contributed by atoms with van der Waals surface area (Å²) in [6, 6.07) is 0. The van der Waals surface area contributed by atoms with Gasteiger partial charge < -0.3 is 4.74 Å². The topological polar surface area (TPSA) is 9.23 Å².